The largest absolute Gasteiger partial charge is 0.481 e. The highest BCUT2D eigenvalue weighted by atomic mass is 35.5. The van der Waals surface area contributed by atoms with Gasteiger partial charge in [-0.1, -0.05) is 11.6 Å². The number of aromatic amines is 1. The number of aromatic nitrogens is 2. The number of amides is 1. The molecular weight excluding hydrogens is 302 g/mol. The van der Waals surface area contributed by atoms with Gasteiger partial charge in [-0.25, -0.2) is 0 Å². The summed E-state index contributed by atoms with van der Waals surface area (Å²) in [5, 5.41) is 15.3. The predicted octanol–water partition coefficient (Wildman–Crippen LogP) is 2.34. The molecule has 20 heavy (non-hydrogen) atoms. The van der Waals surface area contributed by atoms with Crippen molar-refractivity contribution in [2.24, 2.45) is 0 Å². The molecule has 0 spiro atoms. The third kappa shape index (κ3) is 3.17. The number of nitrogens with one attached hydrogen (secondary N) is 1. The fraction of sp³-hybridized carbons (Fsp3) is 0.250. The molecule has 8 heteroatoms. The number of hydrogen-bond acceptors (Lipinski definition) is 4. The van der Waals surface area contributed by atoms with Crippen LogP contribution in [0.15, 0.2) is 18.3 Å². The van der Waals surface area contributed by atoms with E-state index in [0.29, 0.717) is 15.6 Å². The maximum atomic E-state index is 12.3. The number of nitrogens with zero attached hydrogens (tertiary/aromatic N) is 2. The molecule has 0 atom stereocenters. The first kappa shape index (κ1) is 14.5. The highest BCUT2D eigenvalue weighted by Gasteiger charge is 2.20. The number of H-pyrrole nitrogens is 1. The van der Waals surface area contributed by atoms with Crippen molar-refractivity contribution in [1.82, 2.24) is 15.1 Å². The lowest BCUT2D eigenvalue weighted by atomic mass is 10.2. The maximum Gasteiger partial charge on any atom is 0.305 e. The minimum absolute atomic E-state index is 0.0970. The van der Waals surface area contributed by atoms with E-state index in [9.17, 15) is 9.59 Å². The molecule has 1 amide bonds. The van der Waals surface area contributed by atoms with Gasteiger partial charge in [0, 0.05) is 13.6 Å². The van der Waals surface area contributed by atoms with E-state index >= 15 is 0 Å². The molecule has 0 aliphatic heterocycles. The number of hydrogen-bond donors (Lipinski definition) is 2. The summed E-state index contributed by atoms with van der Waals surface area (Å²) in [6.07, 6.45) is 1.34. The van der Waals surface area contributed by atoms with Gasteiger partial charge in [0.15, 0.2) is 0 Å². The molecule has 2 heterocycles. The Kier molecular flexibility index (Phi) is 4.41. The zero-order valence-corrected chi connectivity index (χ0v) is 12.2. The Morgan fingerprint density at radius 2 is 2.25 bits per heavy atom. The quantitative estimate of drug-likeness (QED) is 0.887. The fourth-order valence-electron chi connectivity index (χ4n) is 1.66. The number of rotatable bonds is 5. The minimum Gasteiger partial charge on any atom is -0.481 e. The molecule has 0 fully saturated rings. The predicted molar refractivity (Wildman–Crippen MR) is 76.1 cm³/mol. The van der Waals surface area contributed by atoms with Crippen molar-refractivity contribution in [1.29, 1.82) is 0 Å². The molecule has 0 saturated carbocycles. The van der Waals surface area contributed by atoms with Crippen molar-refractivity contribution < 1.29 is 14.7 Å². The van der Waals surface area contributed by atoms with Crippen LogP contribution in [-0.2, 0) is 4.79 Å². The van der Waals surface area contributed by atoms with Crippen LogP contribution in [0.3, 0.4) is 0 Å². The summed E-state index contributed by atoms with van der Waals surface area (Å²) in [6, 6.07) is 3.54. The second kappa shape index (κ2) is 6.06. The van der Waals surface area contributed by atoms with E-state index in [0.717, 1.165) is 4.88 Å². The maximum absolute atomic E-state index is 12.3. The van der Waals surface area contributed by atoms with Crippen molar-refractivity contribution in [3.63, 3.8) is 0 Å². The Bertz CT molecular complexity index is 637. The Labute approximate surface area is 124 Å². The number of halogens is 1. The SMILES string of the molecule is CN(CCC(=O)O)C(=O)c1cn[nH]c1-c1ccc(Cl)s1. The lowest BCUT2D eigenvalue weighted by Gasteiger charge is -2.15. The summed E-state index contributed by atoms with van der Waals surface area (Å²) in [6.45, 7) is 0.143. The van der Waals surface area contributed by atoms with Gasteiger partial charge in [0.05, 0.1) is 33.1 Å². The number of carbonyl (C=O) groups excluding carboxylic acids is 1. The topological polar surface area (TPSA) is 86.3 Å². The van der Waals surface area contributed by atoms with Crippen molar-refractivity contribution in [2.75, 3.05) is 13.6 Å². The lowest BCUT2D eigenvalue weighted by molar-refractivity contribution is -0.137. The first-order valence-electron chi connectivity index (χ1n) is 5.75. The minimum atomic E-state index is -0.942. The first-order chi connectivity index (χ1) is 9.49. The van der Waals surface area contributed by atoms with Crippen molar-refractivity contribution >= 4 is 34.8 Å². The molecule has 0 aliphatic rings. The third-order valence-corrected chi connectivity index (χ3v) is 3.95. The standard InChI is InChI=1S/C12H12ClN3O3S/c1-16(5-4-10(17)18)12(19)7-6-14-15-11(7)8-2-3-9(13)20-8/h2-3,6H,4-5H2,1H3,(H,14,15)(H,17,18). The molecule has 0 saturated heterocycles. The number of thiophene rings is 1. The Hall–Kier alpha value is -1.86. The molecule has 2 N–H and O–H groups in total. The second-order valence-electron chi connectivity index (χ2n) is 4.13. The van der Waals surface area contributed by atoms with Crippen LogP contribution < -0.4 is 0 Å². The van der Waals surface area contributed by atoms with Gasteiger partial charge in [-0.05, 0) is 12.1 Å². The van der Waals surface area contributed by atoms with Gasteiger partial charge in [0.2, 0.25) is 0 Å². The van der Waals surface area contributed by atoms with E-state index in [1.54, 1.807) is 19.2 Å². The van der Waals surface area contributed by atoms with Gasteiger partial charge in [-0.15, -0.1) is 11.3 Å². The van der Waals surface area contributed by atoms with Crippen LogP contribution >= 0.6 is 22.9 Å². The van der Waals surface area contributed by atoms with Crippen LogP contribution in [0.25, 0.3) is 10.6 Å². The Morgan fingerprint density at radius 3 is 2.85 bits per heavy atom. The summed E-state index contributed by atoms with van der Waals surface area (Å²) in [7, 11) is 1.56. The van der Waals surface area contributed by atoms with Gasteiger partial charge in [-0.3, -0.25) is 14.7 Å². The summed E-state index contributed by atoms with van der Waals surface area (Å²) in [4.78, 5) is 25.0. The van der Waals surface area contributed by atoms with Gasteiger partial charge in [-0.2, -0.15) is 5.10 Å². The van der Waals surface area contributed by atoms with Gasteiger partial charge in [0.25, 0.3) is 5.91 Å². The second-order valence-corrected chi connectivity index (χ2v) is 5.85. The normalized spacial score (nSPS) is 10.5. The summed E-state index contributed by atoms with van der Waals surface area (Å²) in [5.41, 5.74) is 0.991. The molecule has 2 rings (SSSR count). The van der Waals surface area contributed by atoms with Crippen molar-refractivity contribution in [3.8, 4) is 10.6 Å². The summed E-state index contributed by atoms with van der Waals surface area (Å²) in [5.74, 6) is -1.22. The molecule has 0 bridgehead atoms. The molecule has 0 aromatic carbocycles. The number of aliphatic carboxylic acids is 1. The molecule has 2 aromatic rings. The Morgan fingerprint density at radius 1 is 1.50 bits per heavy atom. The average molecular weight is 314 g/mol. The Balaban J connectivity index is 2.19. The summed E-state index contributed by atoms with van der Waals surface area (Å²) < 4.78 is 0.618. The average Bonchev–Trinajstić information content (AvgIpc) is 3.02. The van der Waals surface area contributed by atoms with E-state index in [2.05, 4.69) is 10.2 Å². The highest BCUT2D eigenvalue weighted by Crippen LogP contribution is 2.31. The van der Waals surface area contributed by atoms with E-state index in [-0.39, 0.29) is 18.9 Å². The number of carbonyl (C=O) groups is 2. The van der Waals surface area contributed by atoms with Gasteiger partial charge in [0.1, 0.15) is 0 Å². The molecular formula is C12H12ClN3O3S. The van der Waals surface area contributed by atoms with Crippen LogP contribution in [0.1, 0.15) is 16.8 Å². The molecule has 106 valence electrons. The van der Waals surface area contributed by atoms with Crippen LogP contribution in [0.2, 0.25) is 4.34 Å². The van der Waals surface area contributed by atoms with Crippen LogP contribution in [-0.4, -0.2) is 45.7 Å². The zero-order chi connectivity index (χ0) is 14.7. The van der Waals surface area contributed by atoms with E-state index in [1.807, 2.05) is 0 Å². The smallest absolute Gasteiger partial charge is 0.305 e. The molecule has 6 nitrogen and oxygen atoms in total. The molecule has 0 radical (unpaired) electrons. The zero-order valence-electron chi connectivity index (χ0n) is 10.6. The fourth-order valence-corrected chi connectivity index (χ4v) is 2.71. The number of carboxylic acids is 1. The van der Waals surface area contributed by atoms with Gasteiger partial charge < -0.3 is 10.0 Å². The van der Waals surface area contributed by atoms with Crippen LogP contribution in [0.4, 0.5) is 0 Å². The summed E-state index contributed by atoms with van der Waals surface area (Å²) >= 11 is 7.22. The monoisotopic (exact) mass is 313 g/mol. The van der Waals surface area contributed by atoms with Gasteiger partial charge >= 0.3 is 5.97 Å². The van der Waals surface area contributed by atoms with E-state index in [1.165, 1.54) is 22.4 Å². The number of carboxylic acid groups (broad SMARTS) is 1. The van der Waals surface area contributed by atoms with Crippen LogP contribution in [0, 0.1) is 0 Å². The molecule has 2 aromatic heterocycles. The third-order valence-electron chi connectivity index (χ3n) is 2.70. The van der Waals surface area contributed by atoms with Crippen molar-refractivity contribution in [3.05, 3.63) is 28.2 Å². The van der Waals surface area contributed by atoms with E-state index in [4.69, 9.17) is 16.7 Å². The van der Waals surface area contributed by atoms with E-state index < -0.39 is 5.97 Å². The highest BCUT2D eigenvalue weighted by molar-refractivity contribution is 7.19. The van der Waals surface area contributed by atoms with Crippen molar-refractivity contribution in [2.45, 2.75) is 6.42 Å². The molecule has 0 aliphatic carbocycles. The lowest BCUT2D eigenvalue weighted by Crippen LogP contribution is -2.29. The van der Waals surface area contributed by atoms with Crippen LogP contribution in [0.5, 0.6) is 0 Å². The molecule has 0 unspecified atom stereocenters. The first-order valence-corrected chi connectivity index (χ1v) is 6.95.